The Kier molecular flexibility index (Phi) is 6.34. The van der Waals surface area contributed by atoms with E-state index in [4.69, 9.17) is 0 Å². The molecule has 0 spiro atoms. The van der Waals surface area contributed by atoms with Gasteiger partial charge in [0.25, 0.3) is 5.91 Å². The Morgan fingerprint density at radius 1 is 1.11 bits per heavy atom. The average Bonchev–Trinajstić information content (AvgIpc) is 3.24. The van der Waals surface area contributed by atoms with Gasteiger partial charge < -0.3 is 14.8 Å². The maximum Gasteiger partial charge on any atom is 0.258 e. The number of fused-ring (bicyclic) bond motifs is 3. The van der Waals surface area contributed by atoms with Crippen LogP contribution < -0.4 is 4.90 Å². The minimum Gasteiger partial charge on any atom is -0.339 e. The number of aryl methyl sites for hydroxylation is 2. The minimum atomic E-state index is -3.40. The predicted molar refractivity (Wildman–Crippen MR) is 145 cm³/mol. The van der Waals surface area contributed by atoms with Crippen LogP contribution in [0.25, 0.3) is 21.9 Å². The number of nitrogens with zero attached hydrogens (tertiary/aromatic N) is 3. The molecule has 5 rings (SSSR count). The summed E-state index contributed by atoms with van der Waals surface area (Å²) >= 11 is 0. The number of amides is 1. The summed E-state index contributed by atoms with van der Waals surface area (Å²) in [6.07, 6.45) is 3.48. The number of benzene rings is 2. The van der Waals surface area contributed by atoms with Crippen molar-refractivity contribution in [2.75, 3.05) is 30.8 Å². The Hall–Kier alpha value is -3.23. The lowest BCUT2D eigenvalue weighted by Gasteiger charge is -2.37. The third kappa shape index (κ3) is 4.29. The van der Waals surface area contributed by atoms with Crippen LogP contribution in [0.2, 0.25) is 0 Å². The first kappa shape index (κ1) is 24.5. The molecule has 1 aliphatic rings. The van der Waals surface area contributed by atoms with Crippen LogP contribution in [0.1, 0.15) is 41.3 Å². The van der Waals surface area contributed by atoms with Crippen molar-refractivity contribution in [3.63, 3.8) is 0 Å². The van der Waals surface area contributed by atoms with Crippen molar-refractivity contribution in [1.82, 2.24) is 14.9 Å². The Morgan fingerprint density at radius 2 is 1.86 bits per heavy atom. The van der Waals surface area contributed by atoms with Crippen LogP contribution in [0.15, 0.2) is 53.6 Å². The van der Waals surface area contributed by atoms with Crippen LogP contribution in [0, 0.1) is 13.8 Å². The van der Waals surface area contributed by atoms with Gasteiger partial charge in [0.2, 0.25) is 0 Å². The smallest absolute Gasteiger partial charge is 0.258 e. The molecule has 36 heavy (non-hydrogen) atoms. The third-order valence-corrected chi connectivity index (χ3v) is 9.09. The fraction of sp³-hybridized carbons (Fsp3) is 0.357. The molecule has 1 aliphatic heterocycles. The zero-order valence-corrected chi connectivity index (χ0v) is 22.0. The van der Waals surface area contributed by atoms with Crippen LogP contribution in [0.3, 0.4) is 0 Å². The van der Waals surface area contributed by atoms with E-state index < -0.39 is 9.84 Å². The van der Waals surface area contributed by atoms with Crippen molar-refractivity contribution in [3.05, 3.63) is 65.4 Å². The molecule has 4 aromatic rings. The standard InChI is InChI=1S/C28H32N4O3S/c1-5-36(34,35)22-8-6-7-21(16-22)32(20-11-13-31(4)14-12-20)28(33)23-9-10-24-25-15-18(2)17-29-27(25)30-26(24)19(23)3/h6-10,15-17,20H,5,11-14H2,1-4H3,(H,29,30). The van der Waals surface area contributed by atoms with Gasteiger partial charge in [0.15, 0.2) is 9.84 Å². The minimum absolute atomic E-state index is 0.0162. The van der Waals surface area contributed by atoms with Crippen LogP contribution in [0.5, 0.6) is 0 Å². The summed E-state index contributed by atoms with van der Waals surface area (Å²) < 4.78 is 25.2. The zero-order valence-electron chi connectivity index (χ0n) is 21.2. The van der Waals surface area contributed by atoms with Crippen molar-refractivity contribution in [2.24, 2.45) is 0 Å². The van der Waals surface area contributed by atoms with E-state index in [1.165, 1.54) is 0 Å². The number of aromatic amines is 1. The lowest BCUT2D eigenvalue weighted by molar-refractivity contribution is 0.0963. The van der Waals surface area contributed by atoms with Gasteiger partial charge in [-0.3, -0.25) is 4.79 Å². The molecule has 1 N–H and O–H groups in total. The summed E-state index contributed by atoms with van der Waals surface area (Å²) in [6, 6.07) is 12.8. The van der Waals surface area contributed by atoms with Crippen LogP contribution in [-0.4, -0.2) is 61.1 Å². The van der Waals surface area contributed by atoms with E-state index in [1.807, 2.05) is 43.1 Å². The van der Waals surface area contributed by atoms with E-state index in [-0.39, 0.29) is 22.6 Å². The first-order valence-electron chi connectivity index (χ1n) is 12.4. The number of likely N-dealkylation sites (tertiary alicyclic amines) is 1. The van der Waals surface area contributed by atoms with Gasteiger partial charge in [-0.25, -0.2) is 13.4 Å². The molecule has 8 heteroatoms. The molecule has 2 aromatic heterocycles. The summed E-state index contributed by atoms with van der Waals surface area (Å²) in [5.74, 6) is -0.0970. The second kappa shape index (κ2) is 9.33. The quantitative estimate of drug-likeness (QED) is 0.419. The topological polar surface area (TPSA) is 86.4 Å². The summed E-state index contributed by atoms with van der Waals surface area (Å²) in [6.45, 7) is 7.38. The van der Waals surface area contributed by atoms with Crippen LogP contribution in [-0.2, 0) is 9.84 Å². The number of aromatic nitrogens is 2. The van der Waals surface area contributed by atoms with Crippen molar-refractivity contribution < 1.29 is 13.2 Å². The number of pyridine rings is 1. The molecule has 0 atom stereocenters. The number of sulfone groups is 1. The van der Waals surface area contributed by atoms with Crippen molar-refractivity contribution in [3.8, 4) is 0 Å². The molecule has 7 nitrogen and oxygen atoms in total. The molecule has 0 bridgehead atoms. The highest BCUT2D eigenvalue weighted by molar-refractivity contribution is 7.91. The largest absolute Gasteiger partial charge is 0.339 e. The number of anilines is 1. The number of carbonyl (C=O) groups is 1. The highest BCUT2D eigenvalue weighted by atomic mass is 32.2. The third-order valence-electron chi connectivity index (χ3n) is 7.36. The second-order valence-electron chi connectivity index (χ2n) is 9.80. The van der Waals surface area contributed by atoms with Gasteiger partial charge in [-0.15, -0.1) is 0 Å². The van der Waals surface area contributed by atoms with Gasteiger partial charge in [0.1, 0.15) is 5.65 Å². The van der Waals surface area contributed by atoms with Crippen molar-refractivity contribution in [2.45, 2.75) is 44.6 Å². The molecule has 1 saturated heterocycles. The molecule has 2 aromatic carbocycles. The monoisotopic (exact) mass is 504 g/mol. The maximum atomic E-state index is 14.2. The zero-order chi connectivity index (χ0) is 25.6. The first-order valence-corrected chi connectivity index (χ1v) is 14.1. The van der Waals surface area contributed by atoms with Crippen LogP contribution in [0.4, 0.5) is 5.69 Å². The fourth-order valence-electron chi connectivity index (χ4n) is 5.19. The number of hydrogen-bond donors (Lipinski definition) is 1. The fourth-order valence-corrected chi connectivity index (χ4v) is 6.11. The number of rotatable bonds is 5. The van der Waals surface area contributed by atoms with Gasteiger partial charge in [0.05, 0.1) is 16.2 Å². The van der Waals surface area contributed by atoms with E-state index >= 15 is 0 Å². The SMILES string of the molecule is CCS(=O)(=O)c1cccc(N(C(=O)c2ccc3c([nH]c4ncc(C)cc43)c2C)C2CCN(C)CC2)c1. The Bertz CT molecular complexity index is 1570. The molecule has 0 radical (unpaired) electrons. The van der Waals surface area contributed by atoms with Crippen molar-refractivity contribution >= 4 is 43.4 Å². The Morgan fingerprint density at radius 3 is 2.58 bits per heavy atom. The summed E-state index contributed by atoms with van der Waals surface area (Å²) in [7, 11) is -1.31. The van der Waals surface area contributed by atoms with Crippen molar-refractivity contribution in [1.29, 1.82) is 0 Å². The first-order chi connectivity index (χ1) is 17.2. The molecule has 0 unspecified atom stereocenters. The summed E-state index contributed by atoms with van der Waals surface area (Å²) in [4.78, 5) is 26.5. The molecule has 188 valence electrons. The molecule has 1 amide bonds. The number of hydrogen-bond acceptors (Lipinski definition) is 5. The normalized spacial score (nSPS) is 15.6. The average molecular weight is 505 g/mol. The number of H-pyrrole nitrogens is 1. The van der Waals surface area contributed by atoms with Gasteiger partial charge in [0, 0.05) is 34.3 Å². The molecule has 0 aliphatic carbocycles. The lowest BCUT2D eigenvalue weighted by Crippen LogP contribution is -2.47. The van der Waals surface area contributed by atoms with Gasteiger partial charge in [-0.05, 0) is 88.3 Å². The summed E-state index contributed by atoms with van der Waals surface area (Å²) in [5.41, 5.74) is 4.87. The van der Waals surface area contributed by atoms with Gasteiger partial charge in [-0.2, -0.15) is 0 Å². The van der Waals surface area contributed by atoms with Gasteiger partial charge in [-0.1, -0.05) is 19.1 Å². The maximum absolute atomic E-state index is 14.2. The molecule has 0 saturated carbocycles. The number of carbonyl (C=O) groups excluding carboxylic acids is 1. The highest BCUT2D eigenvalue weighted by Crippen LogP contribution is 2.32. The second-order valence-corrected chi connectivity index (χ2v) is 12.1. The Labute approximate surface area is 212 Å². The Balaban J connectivity index is 1.63. The van der Waals surface area contributed by atoms with E-state index in [1.54, 1.807) is 25.1 Å². The van der Waals surface area contributed by atoms with Gasteiger partial charge >= 0.3 is 0 Å². The molecular weight excluding hydrogens is 472 g/mol. The molecular formula is C28H32N4O3S. The van der Waals surface area contributed by atoms with E-state index in [0.717, 1.165) is 59.0 Å². The van der Waals surface area contributed by atoms with E-state index in [2.05, 4.69) is 28.0 Å². The molecule has 1 fully saturated rings. The highest BCUT2D eigenvalue weighted by Gasteiger charge is 2.31. The predicted octanol–water partition coefficient (Wildman–Crippen LogP) is 4.87. The van der Waals surface area contributed by atoms with Crippen LogP contribution >= 0.6 is 0 Å². The molecule has 3 heterocycles. The summed E-state index contributed by atoms with van der Waals surface area (Å²) in [5, 5.41) is 2.08. The number of piperidine rings is 1. The number of nitrogens with one attached hydrogen (secondary N) is 1. The van der Waals surface area contributed by atoms with E-state index in [0.29, 0.717) is 11.3 Å². The van der Waals surface area contributed by atoms with E-state index in [9.17, 15) is 13.2 Å². The lowest BCUT2D eigenvalue weighted by atomic mass is 9.98.